The number of rotatable bonds is 4. The Bertz CT molecular complexity index is 935. The normalized spacial score (nSPS) is 23.9. The molecule has 2 aliphatic rings. The Hall–Kier alpha value is -1.85. The monoisotopic (exact) mass is 442 g/mol. The first-order valence-electron chi connectivity index (χ1n) is 11.5. The third kappa shape index (κ3) is 4.40. The van der Waals surface area contributed by atoms with Gasteiger partial charge in [-0.2, -0.15) is 0 Å². The van der Waals surface area contributed by atoms with Crippen LogP contribution in [0.1, 0.15) is 68.8 Å². The van der Waals surface area contributed by atoms with Crippen LogP contribution < -0.4 is 9.80 Å². The first-order chi connectivity index (χ1) is 14.8. The van der Waals surface area contributed by atoms with Gasteiger partial charge in [-0.05, 0) is 68.3 Å². The van der Waals surface area contributed by atoms with Gasteiger partial charge in [0.1, 0.15) is 5.82 Å². The quantitative estimate of drug-likeness (QED) is 0.583. The SMILES string of the molecule is COC1CC(C)N(c2nc(Cl)nc3c2CN(c2cc(C(C)C)ccc2C)CC3)C(C)C1. The number of hydrogen-bond acceptors (Lipinski definition) is 5. The molecule has 1 aromatic heterocycles. The van der Waals surface area contributed by atoms with Gasteiger partial charge in [-0.25, -0.2) is 9.97 Å². The highest BCUT2D eigenvalue weighted by molar-refractivity contribution is 6.28. The van der Waals surface area contributed by atoms with E-state index in [0.29, 0.717) is 29.4 Å². The Balaban J connectivity index is 1.71. The van der Waals surface area contributed by atoms with E-state index in [2.05, 4.69) is 67.6 Å². The van der Waals surface area contributed by atoms with Crippen molar-refractivity contribution in [2.24, 2.45) is 0 Å². The number of nitrogens with zero attached hydrogens (tertiary/aromatic N) is 4. The van der Waals surface area contributed by atoms with E-state index in [1.54, 1.807) is 0 Å². The standard InChI is InChI=1S/C25H35ClN4O/c1-15(2)19-8-7-16(3)23(13-19)29-10-9-22-21(14-29)24(28-25(26)27-22)30-17(4)11-20(31-6)12-18(30)5/h7-8,13,15,17-18,20H,9-12,14H2,1-6H3. The van der Waals surface area contributed by atoms with Crippen molar-refractivity contribution in [2.45, 2.75) is 84.5 Å². The lowest BCUT2D eigenvalue weighted by molar-refractivity contribution is 0.0611. The van der Waals surface area contributed by atoms with Crippen LogP contribution in [0.25, 0.3) is 0 Å². The number of methoxy groups -OCH3 is 1. The number of anilines is 2. The van der Waals surface area contributed by atoms with Crippen LogP contribution in [0, 0.1) is 6.92 Å². The number of fused-ring (bicyclic) bond motifs is 1. The first-order valence-corrected chi connectivity index (χ1v) is 11.9. The highest BCUT2D eigenvalue weighted by Crippen LogP contribution is 2.37. The smallest absolute Gasteiger partial charge is 0.224 e. The number of hydrogen-bond donors (Lipinski definition) is 0. The minimum absolute atomic E-state index is 0.298. The van der Waals surface area contributed by atoms with Crippen molar-refractivity contribution in [1.82, 2.24) is 9.97 Å². The molecule has 1 fully saturated rings. The van der Waals surface area contributed by atoms with E-state index in [9.17, 15) is 0 Å². The summed E-state index contributed by atoms with van der Waals surface area (Å²) in [5, 5.41) is 0.355. The van der Waals surface area contributed by atoms with Gasteiger partial charge in [-0.1, -0.05) is 26.0 Å². The minimum atomic E-state index is 0.298. The van der Waals surface area contributed by atoms with Gasteiger partial charge in [0.05, 0.1) is 11.8 Å². The minimum Gasteiger partial charge on any atom is -0.381 e. The Morgan fingerprint density at radius 3 is 2.48 bits per heavy atom. The fourth-order valence-corrected chi connectivity index (χ4v) is 5.42. The van der Waals surface area contributed by atoms with Gasteiger partial charge in [0.15, 0.2) is 0 Å². The van der Waals surface area contributed by atoms with Gasteiger partial charge >= 0.3 is 0 Å². The number of ether oxygens (including phenoxy) is 1. The lowest BCUT2D eigenvalue weighted by atomic mass is 9.93. The van der Waals surface area contributed by atoms with E-state index in [4.69, 9.17) is 21.3 Å². The Morgan fingerprint density at radius 2 is 1.84 bits per heavy atom. The molecule has 2 unspecified atom stereocenters. The predicted molar refractivity (Wildman–Crippen MR) is 128 cm³/mol. The number of piperidine rings is 1. The summed E-state index contributed by atoms with van der Waals surface area (Å²) in [5.41, 5.74) is 6.32. The zero-order chi connectivity index (χ0) is 22.3. The molecule has 0 aliphatic carbocycles. The second kappa shape index (κ2) is 8.95. The topological polar surface area (TPSA) is 41.5 Å². The first kappa shape index (κ1) is 22.3. The molecule has 4 rings (SSSR count). The van der Waals surface area contributed by atoms with Gasteiger partial charge in [0.2, 0.25) is 5.28 Å². The molecule has 0 N–H and O–H groups in total. The Labute approximate surface area is 191 Å². The zero-order valence-corrected chi connectivity index (χ0v) is 20.4. The van der Waals surface area contributed by atoms with Crippen molar-refractivity contribution in [1.29, 1.82) is 0 Å². The van der Waals surface area contributed by atoms with E-state index in [1.807, 2.05) is 7.11 Å². The molecule has 1 aromatic carbocycles. The van der Waals surface area contributed by atoms with Gasteiger partial charge < -0.3 is 14.5 Å². The molecule has 0 saturated carbocycles. The molecule has 2 aliphatic heterocycles. The molecule has 0 radical (unpaired) electrons. The molecule has 0 spiro atoms. The van der Waals surface area contributed by atoms with Crippen molar-refractivity contribution in [3.8, 4) is 0 Å². The lowest BCUT2D eigenvalue weighted by Crippen LogP contribution is -2.50. The van der Waals surface area contributed by atoms with Crippen LogP contribution in [-0.4, -0.2) is 41.8 Å². The maximum Gasteiger partial charge on any atom is 0.224 e. The second-order valence-electron chi connectivity index (χ2n) is 9.55. The molecule has 0 amide bonds. The number of aryl methyl sites for hydroxylation is 1. The number of benzene rings is 1. The van der Waals surface area contributed by atoms with Crippen LogP contribution >= 0.6 is 11.6 Å². The van der Waals surface area contributed by atoms with Crippen LogP contribution in [0.3, 0.4) is 0 Å². The fourth-order valence-electron chi connectivity index (χ4n) is 5.24. The maximum absolute atomic E-state index is 6.40. The summed E-state index contributed by atoms with van der Waals surface area (Å²) in [5.74, 6) is 1.52. The van der Waals surface area contributed by atoms with Crippen LogP contribution in [0.15, 0.2) is 18.2 Å². The molecule has 5 nitrogen and oxygen atoms in total. The predicted octanol–water partition coefficient (Wildman–Crippen LogP) is 5.52. The molecule has 168 valence electrons. The summed E-state index contributed by atoms with van der Waals surface area (Å²) in [6.45, 7) is 13.0. The maximum atomic E-state index is 6.40. The summed E-state index contributed by atoms with van der Waals surface area (Å²) >= 11 is 6.40. The fraction of sp³-hybridized carbons (Fsp3) is 0.600. The summed E-state index contributed by atoms with van der Waals surface area (Å²) < 4.78 is 5.68. The Kier molecular flexibility index (Phi) is 6.45. The van der Waals surface area contributed by atoms with Crippen LogP contribution in [0.5, 0.6) is 0 Å². The molecule has 1 saturated heterocycles. The van der Waals surface area contributed by atoms with Crippen LogP contribution in [0.4, 0.5) is 11.5 Å². The van der Waals surface area contributed by atoms with Crippen molar-refractivity contribution in [3.05, 3.63) is 45.9 Å². The summed E-state index contributed by atoms with van der Waals surface area (Å²) in [6, 6.07) is 7.53. The third-order valence-corrected chi connectivity index (χ3v) is 7.16. The molecular weight excluding hydrogens is 408 g/mol. The van der Waals surface area contributed by atoms with E-state index in [1.165, 1.54) is 22.4 Å². The number of halogens is 1. The largest absolute Gasteiger partial charge is 0.381 e. The summed E-state index contributed by atoms with van der Waals surface area (Å²) in [6.07, 6.45) is 3.17. The van der Waals surface area contributed by atoms with Gasteiger partial charge in [0, 0.05) is 50.0 Å². The van der Waals surface area contributed by atoms with Gasteiger partial charge in [0.25, 0.3) is 0 Å². The Morgan fingerprint density at radius 1 is 1.13 bits per heavy atom. The molecule has 6 heteroatoms. The molecule has 31 heavy (non-hydrogen) atoms. The molecule has 0 bridgehead atoms. The average molecular weight is 443 g/mol. The third-order valence-electron chi connectivity index (χ3n) is 6.99. The van der Waals surface area contributed by atoms with E-state index in [-0.39, 0.29) is 0 Å². The second-order valence-corrected chi connectivity index (χ2v) is 9.89. The highest BCUT2D eigenvalue weighted by atomic mass is 35.5. The van der Waals surface area contributed by atoms with E-state index in [0.717, 1.165) is 43.9 Å². The van der Waals surface area contributed by atoms with Crippen molar-refractivity contribution >= 4 is 23.1 Å². The van der Waals surface area contributed by atoms with Crippen molar-refractivity contribution < 1.29 is 4.74 Å². The van der Waals surface area contributed by atoms with E-state index >= 15 is 0 Å². The van der Waals surface area contributed by atoms with E-state index < -0.39 is 0 Å². The molecule has 2 aromatic rings. The van der Waals surface area contributed by atoms with Crippen LogP contribution in [-0.2, 0) is 17.7 Å². The summed E-state index contributed by atoms with van der Waals surface area (Å²) in [7, 11) is 1.81. The average Bonchev–Trinajstić information content (AvgIpc) is 2.73. The van der Waals surface area contributed by atoms with Gasteiger partial charge in [-0.15, -0.1) is 0 Å². The zero-order valence-electron chi connectivity index (χ0n) is 19.7. The molecular formula is C25H35ClN4O. The number of aromatic nitrogens is 2. The lowest BCUT2D eigenvalue weighted by Gasteiger charge is -2.44. The molecule has 2 atom stereocenters. The van der Waals surface area contributed by atoms with Crippen molar-refractivity contribution in [2.75, 3.05) is 23.5 Å². The molecule has 3 heterocycles. The summed E-state index contributed by atoms with van der Waals surface area (Å²) in [4.78, 5) is 14.3. The highest BCUT2D eigenvalue weighted by Gasteiger charge is 2.35. The van der Waals surface area contributed by atoms with Crippen molar-refractivity contribution in [3.63, 3.8) is 0 Å². The van der Waals surface area contributed by atoms with Gasteiger partial charge in [-0.3, -0.25) is 0 Å². The van der Waals surface area contributed by atoms with Crippen LogP contribution in [0.2, 0.25) is 5.28 Å².